The number of nitro benzene ring substituents is 1. The summed E-state index contributed by atoms with van der Waals surface area (Å²) in [6, 6.07) is 12.8. The maximum absolute atomic E-state index is 10.6. The lowest BCUT2D eigenvalue weighted by atomic mass is 10.1. The molecule has 2 aromatic carbocycles. The van der Waals surface area contributed by atoms with Crippen LogP contribution < -0.4 is 5.32 Å². The van der Waals surface area contributed by atoms with Crippen LogP contribution in [-0.2, 0) is 16.1 Å². The Morgan fingerprint density at radius 2 is 1.56 bits per heavy atom. The normalized spacial score (nSPS) is 9.52. The van der Waals surface area contributed by atoms with Gasteiger partial charge in [0.25, 0.3) is 5.69 Å². The van der Waals surface area contributed by atoms with E-state index in [1.54, 1.807) is 12.1 Å². The summed E-state index contributed by atoms with van der Waals surface area (Å²) in [5.74, 6) is -3.65. The molecule has 8 heteroatoms. The van der Waals surface area contributed by atoms with Gasteiger partial charge in [-0.15, -0.1) is 0 Å². The fourth-order valence-electron chi connectivity index (χ4n) is 1.79. The van der Waals surface area contributed by atoms with Crippen LogP contribution in [-0.4, -0.2) is 27.1 Å². The molecule has 132 valence electrons. The fraction of sp³-hybridized carbons (Fsp3) is 0.176. The lowest BCUT2D eigenvalue weighted by Gasteiger charge is -2.08. The summed E-state index contributed by atoms with van der Waals surface area (Å²) in [6.45, 7) is 4.81. The fourth-order valence-corrected chi connectivity index (χ4v) is 1.79. The molecule has 0 spiro atoms. The number of non-ortho nitro benzene ring substituents is 1. The smallest absolute Gasteiger partial charge is 0.414 e. The molecule has 25 heavy (non-hydrogen) atoms. The predicted octanol–water partition coefficient (Wildman–Crippen LogP) is 2.98. The summed E-state index contributed by atoms with van der Waals surface area (Å²) < 4.78 is 0. The standard InChI is InChI=1S/C15H16N2O2.C2H2O4/c1-11-3-6-14(9-12(11)2)16-10-13-4-7-15(8-5-13)17(18)19;3-1(4)2(5)6/h3-9,16H,10H2,1-2H3;(H,3,4)(H,5,6). The molecule has 0 saturated carbocycles. The number of carboxylic acids is 2. The average Bonchev–Trinajstić information content (AvgIpc) is 2.56. The summed E-state index contributed by atoms with van der Waals surface area (Å²) >= 11 is 0. The number of hydrogen-bond acceptors (Lipinski definition) is 5. The van der Waals surface area contributed by atoms with Crippen molar-refractivity contribution in [2.75, 3.05) is 5.32 Å². The van der Waals surface area contributed by atoms with Crippen LogP contribution in [0.15, 0.2) is 42.5 Å². The number of aryl methyl sites for hydroxylation is 2. The Labute approximate surface area is 143 Å². The van der Waals surface area contributed by atoms with Crippen LogP contribution in [0.1, 0.15) is 16.7 Å². The van der Waals surface area contributed by atoms with E-state index < -0.39 is 11.9 Å². The summed E-state index contributed by atoms with van der Waals surface area (Å²) in [5.41, 5.74) is 4.70. The summed E-state index contributed by atoms with van der Waals surface area (Å²) in [4.78, 5) is 28.4. The first-order valence-corrected chi connectivity index (χ1v) is 7.21. The minimum absolute atomic E-state index is 0.120. The second-order valence-corrected chi connectivity index (χ2v) is 5.19. The Morgan fingerprint density at radius 1 is 1.00 bits per heavy atom. The van der Waals surface area contributed by atoms with Crippen LogP contribution >= 0.6 is 0 Å². The molecule has 0 bridgehead atoms. The van der Waals surface area contributed by atoms with E-state index in [0.29, 0.717) is 6.54 Å². The lowest BCUT2D eigenvalue weighted by molar-refractivity contribution is -0.384. The number of nitro groups is 1. The lowest BCUT2D eigenvalue weighted by Crippen LogP contribution is -2.09. The van der Waals surface area contributed by atoms with Gasteiger partial charge in [-0.2, -0.15) is 0 Å². The van der Waals surface area contributed by atoms with Crippen molar-refractivity contribution < 1.29 is 24.7 Å². The van der Waals surface area contributed by atoms with Crippen molar-refractivity contribution in [2.24, 2.45) is 0 Å². The molecular weight excluding hydrogens is 328 g/mol. The van der Waals surface area contributed by atoms with Gasteiger partial charge < -0.3 is 15.5 Å². The highest BCUT2D eigenvalue weighted by Gasteiger charge is 2.04. The summed E-state index contributed by atoms with van der Waals surface area (Å²) in [7, 11) is 0. The number of nitrogens with one attached hydrogen (secondary N) is 1. The van der Waals surface area contributed by atoms with E-state index in [9.17, 15) is 10.1 Å². The Morgan fingerprint density at radius 3 is 2.00 bits per heavy atom. The van der Waals surface area contributed by atoms with Crippen molar-refractivity contribution in [3.05, 3.63) is 69.3 Å². The highest BCUT2D eigenvalue weighted by molar-refractivity contribution is 6.27. The van der Waals surface area contributed by atoms with E-state index in [1.807, 2.05) is 6.07 Å². The quantitative estimate of drug-likeness (QED) is 0.441. The third kappa shape index (κ3) is 6.69. The van der Waals surface area contributed by atoms with Crippen molar-refractivity contribution in [3.8, 4) is 0 Å². The number of aliphatic carboxylic acids is 2. The molecule has 0 fully saturated rings. The molecule has 0 aliphatic heterocycles. The van der Waals surface area contributed by atoms with Crippen LogP contribution in [0.2, 0.25) is 0 Å². The van der Waals surface area contributed by atoms with Crippen LogP contribution in [0.25, 0.3) is 0 Å². The maximum atomic E-state index is 10.6. The molecule has 0 amide bonds. The molecule has 0 radical (unpaired) electrons. The molecule has 2 aromatic rings. The highest BCUT2D eigenvalue weighted by atomic mass is 16.6. The zero-order valence-electron chi connectivity index (χ0n) is 13.7. The van der Waals surface area contributed by atoms with Gasteiger partial charge in [0.2, 0.25) is 0 Å². The minimum Gasteiger partial charge on any atom is -0.473 e. The van der Waals surface area contributed by atoms with Gasteiger partial charge in [0.05, 0.1) is 4.92 Å². The molecule has 0 aliphatic carbocycles. The van der Waals surface area contributed by atoms with Gasteiger partial charge in [-0.3, -0.25) is 10.1 Å². The molecule has 2 rings (SSSR count). The minimum atomic E-state index is -1.82. The monoisotopic (exact) mass is 346 g/mol. The second-order valence-electron chi connectivity index (χ2n) is 5.19. The number of nitrogens with zero attached hydrogens (tertiary/aromatic N) is 1. The van der Waals surface area contributed by atoms with Crippen LogP contribution in [0.4, 0.5) is 11.4 Å². The Bertz CT molecular complexity index is 759. The predicted molar refractivity (Wildman–Crippen MR) is 91.6 cm³/mol. The van der Waals surface area contributed by atoms with E-state index >= 15 is 0 Å². The number of hydrogen-bond donors (Lipinski definition) is 3. The topological polar surface area (TPSA) is 130 Å². The Kier molecular flexibility index (Phi) is 7.08. The molecule has 0 saturated heterocycles. The largest absolute Gasteiger partial charge is 0.473 e. The van der Waals surface area contributed by atoms with Crippen molar-refractivity contribution in [1.82, 2.24) is 0 Å². The highest BCUT2D eigenvalue weighted by Crippen LogP contribution is 2.16. The van der Waals surface area contributed by atoms with Gasteiger partial charge in [-0.25, -0.2) is 9.59 Å². The zero-order chi connectivity index (χ0) is 19.0. The Balaban J connectivity index is 0.000000450. The molecule has 8 nitrogen and oxygen atoms in total. The van der Waals surface area contributed by atoms with Gasteiger partial charge in [-0.05, 0) is 42.7 Å². The summed E-state index contributed by atoms with van der Waals surface area (Å²) in [6.07, 6.45) is 0. The molecule has 0 heterocycles. The van der Waals surface area contributed by atoms with E-state index in [2.05, 4.69) is 31.3 Å². The van der Waals surface area contributed by atoms with E-state index in [4.69, 9.17) is 19.8 Å². The number of carboxylic acid groups (broad SMARTS) is 2. The zero-order valence-corrected chi connectivity index (χ0v) is 13.7. The van der Waals surface area contributed by atoms with Crippen LogP contribution in [0.5, 0.6) is 0 Å². The molecule has 0 unspecified atom stereocenters. The number of anilines is 1. The first kappa shape index (κ1) is 19.6. The summed E-state index contributed by atoms with van der Waals surface area (Å²) in [5, 5.41) is 28.6. The number of carbonyl (C=O) groups is 2. The third-order valence-corrected chi connectivity index (χ3v) is 3.33. The third-order valence-electron chi connectivity index (χ3n) is 3.33. The van der Waals surface area contributed by atoms with Gasteiger partial charge >= 0.3 is 11.9 Å². The van der Waals surface area contributed by atoms with Crippen LogP contribution in [0, 0.1) is 24.0 Å². The van der Waals surface area contributed by atoms with Crippen molar-refractivity contribution in [1.29, 1.82) is 0 Å². The van der Waals surface area contributed by atoms with Crippen LogP contribution in [0.3, 0.4) is 0 Å². The van der Waals surface area contributed by atoms with E-state index in [1.165, 1.54) is 23.3 Å². The average molecular weight is 346 g/mol. The van der Waals surface area contributed by atoms with Gasteiger partial charge in [0, 0.05) is 24.4 Å². The van der Waals surface area contributed by atoms with Gasteiger partial charge in [0.1, 0.15) is 0 Å². The Hall–Kier alpha value is -3.42. The molecule has 3 N–H and O–H groups in total. The van der Waals surface area contributed by atoms with Gasteiger partial charge in [-0.1, -0.05) is 18.2 Å². The van der Waals surface area contributed by atoms with Gasteiger partial charge in [0.15, 0.2) is 0 Å². The SMILES string of the molecule is Cc1ccc(NCc2ccc([N+](=O)[O-])cc2)cc1C.O=C(O)C(=O)O. The van der Waals surface area contributed by atoms with E-state index in [-0.39, 0.29) is 10.6 Å². The van der Waals surface area contributed by atoms with Crippen molar-refractivity contribution in [2.45, 2.75) is 20.4 Å². The number of benzene rings is 2. The number of rotatable bonds is 4. The molecular formula is C17H18N2O6. The van der Waals surface area contributed by atoms with Crippen molar-refractivity contribution >= 4 is 23.3 Å². The molecule has 0 atom stereocenters. The van der Waals surface area contributed by atoms with E-state index in [0.717, 1.165) is 11.3 Å². The first-order chi connectivity index (χ1) is 11.7. The maximum Gasteiger partial charge on any atom is 0.414 e. The molecule has 0 aliphatic rings. The molecule has 0 aromatic heterocycles. The second kappa shape index (κ2) is 9.02. The first-order valence-electron chi connectivity index (χ1n) is 7.21. The van der Waals surface area contributed by atoms with Crippen molar-refractivity contribution in [3.63, 3.8) is 0 Å².